The highest BCUT2D eigenvalue weighted by Crippen LogP contribution is 2.63. The molecule has 0 saturated heterocycles. The van der Waals surface area contributed by atoms with Crippen molar-refractivity contribution in [3.8, 4) is 33.4 Å². The van der Waals surface area contributed by atoms with E-state index >= 15 is 0 Å². The molecule has 0 aliphatic heterocycles. The van der Waals surface area contributed by atoms with Crippen LogP contribution in [0.3, 0.4) is 0 Å². The monoisotopic (exact) mass is 711 g/mol. The Kier molecular flexibility index (Phi) is 6.88. The lowest BCUT2D eigenvalue weighted by molar-refractivity contribution is 1.01. The summed E-state index contributed by atoms with van der Waals surface area (Å²) in [4.78, 5) is 2.45. The van der Waals surface area contributed by atoms with Crippen LogP contribution in [-0.2, 0) is 0 Å². The van der Waals surface area contributed by atoms with Gasteiger partial charge < -0.3 is 4.90 Å². The van der Waals surface area contributed by atoms with Gasteiger partial charge >= 0.3 is 0 Å². The molecule has 0 spiro atoms. The molecule has 2 unspecified atom stereocenters. The van der Waals surface area contributed by atoms with Crippen molar-refractivity contribution in [2.75, 3.05) is 4.90 Å². The molecule has 262 valence electrons. The van der Waals surface area contributed by atoms with Gasteiger partial charge in [0, 0.05) is 16.8 Å². The zero-order chi connectivity index (χ0) is 36.7. The molecule has 1 fully saturated rings. The number of hydrogen-bond acceptors (Lipinski definition) is 1. The highest BCUT2D eigenvalue weighted by molar-refractivity contribution is 6.14. The Labute approximate surface area is 326 Å². The molecule has 1 heteroatoms. The van der Waals surface area contributed by atoms with E-state index in [0.29, 0.717) is 11.8 Å². The number of fused-ring (bicyclic) bond motifs is 12. The second-order valence-corrected chi connectivity index (χ2v) is 15.6. The van der Waals surface area contributed by atoms with E-state index in [0.717, 1.165) is 11.4 Å². The molecule has 1 nitrogen and oxygen atoms in total. The van der Waals surface area contributed by atoms with Gasteiger partial charge in [0.2, 0.25) is 0 Å². The van der Waals surface area contributed by atoms with Crippen LogP contribution in [0.2, 0.25) is 0 Å². The molecular weight excluding hydrogens is 675 g/mol. The molecule has 0 aromatic heterocycles. The van der Waals surface area contributed by atoms with Crippen molar-refractivity contribution in [1.29, 1.82) is 0 Å². The summed E-state index contributed by atoms with van der Waals surface area (Å²) in [5.41, 5.74) is 14.4. The molecule has 0 amide bonds. The number of anilines is 3. The molecule has 56 heavy (non-hydrogen) atoms. The summed E-state index contributed by atoms with van der Waals surface area (Å²) < 4.78 is 0. The quantitative estimate of drug-likeness (QED) is 0.161. The number of hydrogen-bond donors (Lipinski definition) is 0. The fourth-order valence-corrected chi connectivity index (χ4v) is 9.80. The maximum atomic E-state index is 2.45. The molecule has 0 heterocycles. The lowest BCUT2D eigenvalue weighted by Crippen LogP contribution is -2.10. The highest BCUT2D eigenvalue weighted by Gasteiger charge is 2.46. The van der Waals surface area contributed by atoms with Crippen LogP contribution in [0.1, 0.15) is 29.4 Å². The standard InChI is InChI=1S/C55H37N/c1-3-12-43-36(10-1)20-21-38-22-23-39(32-51(38)43)35-24-28-41(29-25-35)56(54-33-40-11-2-4-13-44(40)46-14-7-8-17-49(46)54)42-30-26-37(27-31-42)45-18-9-19-50-47-15-5-6-16-48(47)52-34-53(52)55(45)50/h1-33,52-53H,34H2. The maximum Gasteiger partial charge on any atom is 0.0546 e. The third-order valence-electron chi connectivity index (χ3n) is 12.5. The average Bonchev–Trinajstić information content (AvgIpc) is 4.09. The number of rotatable bonds is 5. The second kappa shape index (κ2) is 12.3. The normalized spacial score (nSPS) is 15.4. The molecule has 0 bridgehead atoms. The van der Waals surface area contributed by atoms with E-state index in [1.54, 1.807) is 0 Å². The first-order valence-electron chi connectivity index (χ1n) is 19.8. The first kappa shape index (κ1) is 31.4. The van der Waals surface area contributed by atoms with Crippen molar-refractivity contribution in [3.63, 3.8) is 0 Å². The summed E-state index contributed by atoms with van der Waals surface area (Å²) >= 11 is 0. The van der Waals surface area contributed by atoms with Gasteiger partial charge in [0.15, 0.2) is 0 Å². The van der Waals surface area contributed by atoms with Crippen LogP contribution in [0.15, 0.2) is 200 Å². The largest absolute Gasteiger partial charge is 0.310 e. The van der Waals surface area contributed by atoms with Crippen molar-refractivity contribution in [1.82, 2.24) is 0 Å². The smallest absolute Gasteiger partial charge is 0.0546 e. The fourth-order valence-electron chi connectivity index (χ4n) is 9.80. The van der Waals surface area contributed by atoms with Crippen LogP contribution in [-0.4, -0.2) is 0 Å². The van der Waals surface area contributed by atoms with Crippen molar-refractivity contribution in [2.24, 2.45) is 0 Å². The molecule has 1 saturated carbocycles. The van der Waals surface area contributed by atoms with Gasteiger partial charge in [-0.2, -0.15) is 0 Å². The van der Waals surface area contributed by atoms with Gasteiger partial charge in [0.05, 0.1) is 5.69 Å². The van der Waals surface area contributed by atoms with Gasteiger partial charge in [-0.1, -0.05) is 164 Å². The van der Waals surface area contributed by atoms with Crippen molar-refractivity contribution in [2.45, 2.75) is 18.3 Å². The Hall–Kier alpha value is -6.96. The van der Waals surface area contributed by atoms with Gasteiger partial charge in [0.25, 0.3) is 0 Å². The van der Waals surface area contributed by atoms with Gasteiger partial charge in [-0.25, -0.2) is 0 Å². The average molecular weight is 712 g/mol. The van der Waals surface area contributed by atoms with Crippen LogP contribution in [0, 0.1) is 0 Å². The van der Waals surface area contributed by atoms with E-state index < -0.39 is 0 Å². The minimum Gasteiger partial charge on any atom is -0.310 e. The molecule has 10 aromatic rings. The van der Waals surface area contributed by atoms with Crippen LogP contribution in [0.5, 0.6) is 0 Å². The lowest BCUT2D eigenvalue weighted by Gasteiger charge is -2.28. The zero-order valence-electron chi connectivity index (χ0n) is 30.9. The summed E-state index contributed by atoms with van der Waals surface area (Å²) in [5.74, 6) is 1.25. The maximum absolute atomic E-state index is 2.45. The van der Waals surface area contributed by atoms with Gasteiger partial charge in [-0.05, 0) is 137 Å². The molecular formula is C55H37N. The molecule has 2 aliphatic carbocycles. The Morgan fingerprint density at radius 1 is 0.339 bits per heavy atom. The van der Waals surface area contributed by atoms with E-state index in [-0.39, 0.29) is 0 Å². The van der Waals surface area contributed by atoms with Crippen LogP contribution >= 0.6 is 0 Å². The van der Waals surface area contributed by atoms with Crippen molar-refractivity contribution < 1.29 is 0 Å². The number of nitrogens with zero attached hydrogens (tertiary/aromatic N) is 1. The van der Waals surface area contributed by atoms with Gasteiger partial charge in [0.1, 0.15) is 0 Å². The molecule has 0 radical (unpaired) electrons. The third kappa shape index (κ3) is 4.87. The highest BCUT2D eigenvalue weighted by atomic mass is 15.1. The SMILES string of the molecule is c1ccc2c(c1)-c1cccc(-c3ccc(N(c4ccc(-c5ccc6ccc7ccccc7c6c5)cc4)c4cc5ccccc5c5ccccc45)cc3)c1C1CC21. The van der Waals surface area contributed by atoms with E-state index in [1.165, 1.54) is 99.7 Å². The molecule has 2 atom stereocenters. The summed E-state index contributed by atoms with van der Waals surface area (Å²) in [7, 11) is 0. The Morgan fingerprint density at radius 3 is 1.68 bits per heavy atom. The van der Waals surface area contributed by atoms with Crippen LogP contribution in [0.25, 0.3) is 76.5 Å². The number of benzene rings is 10. The fraction of sp³-hybridized carbons (Fsp3) is 0.0545. The Balaban J connectivity index is 0.994. The minimum atomic E-state index is 0.607. The molecule has 12 rings (SSSR count). The van der Waals surface area contributed by atoms with Crippen LogP contribution < -0.4 is 4.90 Å². The van der Waals surface area contributed by atoms with E-state index in [2.05, 4.69) is 205 Å². The molecule has 10 aromatic carbocycles. The second-order valence-electron chi connectivity index (χ2n) is 15.6. The summed E-state index contributed by atoms with van der Waals surface area (Å²) in [6, 6.07) is 74.4. The van der Waals surface area contributed by atoms with Crippen molar-refractivity contribution in [3.05, 3.63) is 211 Å². The van der Waals surface area contributed by atoms with E-state index in [1.807, 2.05) is 0 Å². The Bertz CT molecular complexity index is 3170. The zero-order valence-corrected chi connectivity index (χ0v) is 30.9. The topological polar surface area (TPSA) is 3.24 Å². The summed E-state index contributed by atoms with van der Waals surface area (Å²) in [5, 5.41) is 10.1. The minimum absolute atomic E-state index is 0.607. The van der Waals surface area contributed by atoms with Crippen molar-refractivity contribution >= 4 is 60.2 Å². The predicted octanol–water partition coefficient (Wildman–Crippen LogP) is 15.4. The third-order valence-corrected chi connectivity index (χ3v) is 12.5. The van der Waals surface area contributed by atoms with E-state index in [4.69, 9.17) is 0 Å². The predicted molar refractivity (Wildman–Crippen MR) is 238 cm³/mol. The summed E-state index contributed by atoms with van der Waals surface area (Å²) in [6.07, 6.45) is 1.24. The van der Waals surface area contributed by atoms with Crippen LogP contribution in [0.4, 0.5) is 17.1 Å². The lowest BCUT2D eigenvalue weighted by atomic mass is 9.82. The molecule has 2 aliphatic rings. The first-order valence-corrected chi connectivity index (χ1v) is 19.8. The van der Waals surface area contributed by atoms with Gasteiger partial charge in [-0.15, -0.1) is 0 Å². The Morgan fingerprint density at radius 2 is 0.893 bits per heavy atom. The van der Waals surface area contributed by atoms with E-state index in [9.17, 15) is 0 Å². The molecule has 0 N–H and O–H groups in total. The first-order chi connectivity index (χ1) is 27.8. The van der Waals surface area contributed by atoms with Gasteiger partial charge in [-0.3, -0.25) is 0 Å². The summed E-state index contributed by atoms with van der Waals surface area (Å²) in [6.45, 7) is 0.